The first-order chi connectivity index (χ1) is 17.8. The van der Waals surface area contributed by atoms with E-state index in [2.05, 4.69) is 53.5 Å². The largest absolute Gasteiger partial charge is 0.351 e. The smallest absolute Gasteiger partial charge is 0.267 e. The van der Waals surface area contributed by atoms with Crippen LogP contribution in [0.4, 0.5) is 5.95 Å². The molecule has 2 N–H and O–H groups in total. The lowest BCUT2D eigenvalue weighted by Gasteiger charge is -2.16. The lowest BCUT2D eigenvalue weighted by Crippen LogP contribution is -2.22. The van der Waals surface area contributed by atoms with Gasteiger partial charge in [-0.05, 0) is 61.9 Å². The van der Waals surface area contributed by atoms with Gasteiger partial charge in [0.25, 0.3) is 11.8 Å². The maximum Gasteiger partial charge on any atom is 0.267 e. The maximum absolute atomic E-state index is 13.4. The van der Waals surface area contributed by atoms with E-state index in [9.17, 15) is 9.59 Å². The molecule has 2 aromatic carbocycles. The molecule has 7 heteroatoms. The molecular weight excluding hydrogens is 462 g/mol. The Hall–Kier alpha value is -3.61. The third kappa shape index (κ3) is 4.99. The summed E-state index contributed by atoms with van der Waals surface area (Å²) in [5, 5.41) is 7.00. The molecule has 0 saturated carbocycles. The number of rotatable bonds is 8. The summed E-state index contributed by atoms with van der Waals surface area (Å²) in [4.78, 5) is 30.7. The van der Waals surface area contributed by atoms with Gasteiger partial charge in [-0.3, -0.25) is 14.9 Å². The SMILES string of the molecule is CC(C)C(C)CCCCn1c(NC(=O)c2ccc3cc4n(c3c2)C(C)CCNC4=O)nc2ccccc21. The van der Waals surface area contributed by atoms with Crippen molar-refractivity contribution in [2.75, 3.05) is 11.9 Å². The van der Waals surface area contributed by atoms with Crippen LogP contribution in [0.2, 0.25) is 0 Å². The second-order valence-corrected chi connectivity index (χ2v) is 10.8. The molecular formula is C30H37N5O2. The minimum Gasteiger partial charge on any atom is -0.351 e. The van der Waals surface area contributed by atoms with E-state index >= 15 is 0 Å². The van der Waals surface area contributed by atoms with Gasteiger partial charge in [-0.25, -0.2) is 4.98 Å². The number of unbranched alkanes of at least 4 members (excludes halogenated alkanes) is 1. The molecule has 1 aliphatic rings. The summed E-state index contributed by atoms with van der Waals surface area (Å²) in [5.74, 6) is 1.70. The van der Waals surface area contributed by atoms with Gasteiger partial charge in [0.05, 0.1) is 11.0 Å². The molecule has 2 atom stereocenters. The number of benzene rings is 2. The van der Waals surface area contributed by atoms with Crippen molar-refractivity contribution in [2.24, 2.45) is 11.8 Å². The highest BCUT2D eigenvalue weighted by Crippen LogP contribution is 2.29. The number of aromatic nitrogens is 3. The van der Waals surface area contributed by atoms with Gasteiger partial charge >= 0.3 is 0 Å². The van der Waals surface area contributed by atoms with Crippen LogP contribution in [0.1, 0.15) is 80.3 Å². The van der Waals surface area contributed by atoms with Crippen molar-refractivity contribution in [3.63, 3.8) is 0 Å². The van der Waals surface area contributed by atoms with E-state index in [1.807, 2.05) is 42.5 Å². The number of fused-ring (bicyclic) bond motifs is 4. The van der Waals surface area contributed by atoms with Crippen molar-refractivity contribution >= 4 is 39.7 Å². The van der Waals surface area contributed by atoms with Crippen molar-refractivity contribution < 1.29 is 9.59 Å². The van der Waals surface area contributed by atoms with Crippen molar-refractivity contribution in [3.8, 4) is 0 Å². The Balaban J connectivity index is 1.40. The number of carbonyl (C=O) groups excluding carboxylic acids is 2. The zero-order valence-electron chi connectivity index (χ0n) is 22.3. The Labute approximate surface area is 218 Å². The molecule has 0 radical (unpaired) electrons. The molecule has 0 bridgehead atoms. The molecule has 3 heterocycles. The summed E-state index contributed by atoms with van der Waals surface area (Å²) >= 11 is 0. The van der Waals surface area contributed by atoms with Crippen LogP contribution in [0, 0.1) is 11.8 Å². The third-order valence-corrected chi connectivity index (χ3v) is 7.93. The standard InChI is InChI=1S/C30H37N5O2/c1-19(2)20(3)9-7-8-16-34-25-11-6-5-10-24(25)32-30(34)33-28(36)23-13-12-22-17-27-29(37)31-15-14-21(4)35(27)26(22)18-23/h5-6,10-13,17-21H,7-9,14-16H2,1-4H3,(H,31,37)(H,32,33,36). The molecule has 0 spiro atoms. The first kappa shape index (κ1) is 25.1. The number of aryl methyl sites for hydroxylation is 1. The highest BCUT2D eigenvalue weighted by molar-refractivity contribution is 6.07. The van der Waals surface area contributed by atoms with Crippen LogP contribution in [0.3, 0.4) is 0 Å². The van der Waals surface area contributed by atoms with E-state index in [1.165, 1.54) is 6.42 Å². The zero-order chi connectivity index (χ0) is 26.1. The quantitative estimate of drug-likeness (QED) is 0.275. The summed E-state index contributed by atoms with van der Waals surface area (Å²) in [6, 6.07) is 15.7. The molecule has 0 fully saturated rings. The fraction of sp³-hybridized carbons (Fsp3) is 0.433. The molecule has 2 aromatic heterocycles. The van der Waals surface area contributed by atoms with Crippen LogP contribution in [0.25, 0.3) is 21.9 Å². The van der Waals surface area contributed by atoms with Crippen LogP contribution < -0.4 is 10.6 Å². The minimum atomic E-state index is -0.201. The van der Waals surface area contributed by atoms with Gasteiger partial charge in [-0.15, -0.1) is 0 Å². The van der Waals surface area contributed by atoms with Crippen molar-refractivity contribution in [1.82, 2.24) is 19.4 Å². The number of carbonyl (C=O) groups is 2. The zero-order valence-corrected chi connectivity index (χ0v) is 22.3. The van der Waals surface area contributed by atoms with Crippen molar-refractivity contribution in [3.05, 3.63) is 59.8 Å². The number of hydrogen-bond donors (Lipinski definition) is 2. The van der Waals surface area contributed by atoms with E-state index in [0.717, 1.165) is 47.7 Å². The Morgan fingerprint density at radius 1 is 1.11 bits per heavy atom. The third-order valence-electron chi connectivity index (χ3n) is 7.93. The number of para-hydroxylation sites is 2. The first-order valence-electron chi connectivity index (χ1n) is 13.5. The van der Waals surface area contributed by atoms with Crippen molar-refractivity contribution in [2.45, 2.75) is 66.0 Å². The number of hydrogen-bond acceptors (Lipinski definition) is 3. The van der Waals surface area contributed by atoms with Crippen LogP contribution >= 0.6 is 0 Å². The average molecular weight is 500 g/mol. The normalized spacial score (nSPS) is 16.6. The number of anilines is 1. The molecule has 2 unspecified atom stereocenters. The summed E-state index contributed by atoms with van der Waals surface area (Å²) in [5.41, 5.74) is 4.00. The van der Waals surface area contributed by atoms with Gasteiger partial charge in [0.1, 0.15) is 5.69 Å². The Morgan fingerprint density at radius 2 is 1.92 bits per heavy atom. The van der Waals surface area contributed by atoms with Gasteiger partial charge < -0.3 is 14.5 Å². The van der Waals surface area contributed by atoms with Gasteiger partial charge in [-0.2, -0.15) is 0 Å². The van der Waals surface area contributed by atoms with E-state index in [0.29, 0.717) is 35.6 Å². The predicted octanol–water partition coefficient (Wildman–Crippen LogP) is 6.40. The fourth-order valence-corrected chi connectivity index (χ4v) is 5.27. The molecule has 0 saturated heterocycles. The monoisotopic (exact) mass is 499 g/mol. The maximum atomic E-state index is 13.4. The molecule has 2 amide bonds. The summed E-state index contributed by atoms with van der Waals surface area (Å²) in [6.45, 7) is 10.4. The number of nitrogens with zero attached hydrogens (tertiary/aromatic N) is 3. The van der Waals surface area contributed by atoms with E-state index in [4.69, 9.17) is 4.98 Å². The van der Waals surface area contributed by atoms with Gasteiger partial charge in [0.2, 0.25) is 5.95 Å². The molecule has 4 aromatic rings. The number of amides is 2. The Morgan fingerprint density at radius 3 is 2.73 bits per heavy atom. The van der Waals surface area contributed by atoms with Crippen molar-refractivity contribution in [1.29, 1.82) is 0 Å². The van der Waals surface area contributed by atoms with Crippen LogP contribution in [-0.2, 0) is 6.54 Å². The average Bonchev–Trinajstić information content (AvgIpc) is 3.39. The molecule has 7 nitrogen and oxygen atoms in total. The van der Waals surface area contributed by atoms with E-state index in [-0.39, 0.29) is 17.9 Å². The van der Waals surface area contributed by atoms with Gasteiger partial charge in [-0.1, -0.05) is 51.8 Å². The molecule has 37 heavy (non-hydrogen) atoms. The summed E-state index contributed by atoms with van der Waals surface area (Å²) in [7, 11) is 0. The van der Waals surface area contributed by atoms with E-state index < -0.39 is 0 Å². The molecule has 0 aliphatic carbocycles. The second kappa shape index (κ2) is 10.4. The van der Waals surface area contributed by atoms with Gasteiger partial charge in [0, 0.05) is 35.6 Å². The molecule has 5 rings (SSSR count). The van der Waals surface area contributed by atoms with Crippen LogP contribution in [0.15, 0.2) is 48.5 Å². The fourth-order valence-electron chi connectivity index (χ4n) is 5.27. The lowest BCUT2D eigenvalue weighted by molar-refractivity contribution is 0.0950. The number of nitrogens with one attached hydrogen (secondary N) is 2. The van der Waals surface area contributed by atoms with Crippen LogP contribution in [0.5, 0.6) is 0 Å². The molecule has 194 valence electrons. The number of imidazole rings is 1. The Bertz CT molecular complexity index is 1450. The highest BCUT2D eigenvalue weighted by atomic mass is 16.2. The van der Waals surface area contributed by atoms with E-state index in [1.54, 1.807) is 0 Å². The lowest BCUT2D eigenvalue weighted by atomic mass is 9.93. The Kier molecular flexibility index (Phi) is 7.04. The van der Waals surface area contributed by atoms with Crippen LogP contribution in [-0.4, -0.2) is 32.5 Å². The highest BCUT2D eigenvalue weighted by Gasteiger charge is 2.23. The second-order valence-electron chi connectivity index (χ2n) is 10.8. The van der Waals surface area contributed by atoms with Gasteiger partial charge in [0.15, 0.2) is 0 Å². The minimum absolute atomic E-state index is 0.0666. The topological polar surface area (TPSA) is 81.0 Å². The molecule has 1 aliphatic heterocycles. The first-order valence-corrected chi connectivity index (χ1v) is 13.5. The summed E-state index contributed by atoms with van der Waals surface area (Å²) in [6.07, 6.45) is 4.21. The summed E-state index contributed by atoms with van der Waals surface area (Å²) < 4.78 is 4.18. The predicted molar refractivity (Wildman–Crippen MR) is 149 cm³/mol.